The van der Waals surface area contributed by atoms with Crippen LogP contribution in [-0.2, 0) is 6.54 Å². The number of nitrogens with zero attached hydrogens (tertiary/aromatic N) is 4. The highest BCUT2D eigenvalue weighted by molar-refractivity contribution is 5.48. The zero-order valence-electron chi connectivity index (χ0n) is 14.9. The SMILES string of the molecule is Cc1[nH]ncc1CN1CCC[C@H](Nc2ccc(N(C)C)nc2)CC1. The van der Waals surface area contributed by atoms with Gasteiger partial charge in [-0.3, -0.25) is 10.00 Å². The predicted octanol–water partition coefficient (Wildman–Crippen LogP) is 2.65. The van der Waals surface area contributed by atoms with Gasteiger partial charge in [0.1, 0.15) is 5.82 Å². The standard InChI is InChI=1S/C18H28N6/c1-14-15(11-20-22-14)13-24-9-4-5-16(8-10-24)21-17-6-7-18(19-12-17)23(2)3/h6-7,11-12,16,21H,4-5,8-10,13H2,1-3H3,(H,20,22)/t16-/m0/s1. The van der Waals surface area contributed by atoms with E-state index in [0.29, 0.717) is 6.04 Å². The molecule has 0 radical (unpaired) electrons. The quantitative estimate of drug-likeness (QED) is 0.883. The molecule has 1 aliphatic rings. The number of likely N-dealkylation sites (tertiary alicyclic amines) is 1. The van der Waals surface area contributed by atoms with E-state index in [1.165, 1.54) is 24.1 Å². The number of aromatic nitrogens is 3. The van der Waals surface area contributed by atoms with Gasteiger partial charge in [0, 0.05) is 44.5 Å². The predicted molar refractivity (Wildman–Crippen MR) is 98.4 cm³/mol. The summed E-state index contributed by atoms with van der Waals surface area (Å²) in [5, 5.41) is 10.8. The van der Waals surface area contributed by atoms with Crippen molar-refractivity contribution in [3.8, 4) is 0 Å². The fraction of sp³-hybridized carbons (Fsp3) is 0.556. The third kappa shape index (κ3) is 4.26. The average Bonchev–Trinajstić information content (AvgIpc) is 2.84. The Kier molecular flexibility index (Phi) is 5.35. The minimum absolute atomic E-state index is 0.521. The van der Waals surface area contributed by atoms with E-state index >= 15 is 0 Å². The van der Waals surface area contributed by atoms with Crippen molar-refractivity contribution in [1.29, 1.82) is 0 Å². The Hall–Kier alpha value is -2.08. The summed E-state index contributed by atoms with van der Waals surface area (Å²) in [5.41, 5.74) is 3.61. The molecule has 1 saturated heterocycles. The number of H-pyrrole nitrogens is 1. The second kappa shape index (κ2) is 7.66. The normalized spacial score (nSPS) is 19.0. The van der Waals surface area contributed by atoms with E-state index in [9.17, 15) is 0 Å². The second-order valence-electron chi connectivity index (χ2n) is 6.87. The van der Waals surface area contributed by atoms with E-state index in [0.717, 1.165) is 37.6 Å². The summed E-state index contributed by atoms with van der Waals surface area (Å²) in [6.45, 7) is 5.36. The van der Waals surface area contributed by atoms with Crippen molar-refractivity contribution in [2.24, 2.45) is 0 Å². The van der Waals surface area contributed by atoms with E-state index in [4.69, 9.17) is 0 Å². The van der Waals surface area contributed by atoms with E-state index in [1.54, 1.807) is 0 Å². The maximum Gasteiger partial charge on any atom is 0.128 e. The lowest BCUT2D eigenvalue weighted by Crippen LogP contribution is -2.26. The summed E-state index contributed by atoms with van der Waals surface area (Å²) >= 11 is 0. The van der Waals surface area contributed by atoms with Crippen LogP contribution in [0, 0.1) is 6.92 Å². The molecule has 0 unspecified atom stereocenters. The Morgan fingerprint density at radius 2 is 2.12 bits per heavy atom. The van der Waals surface area contributed by atoms with Gasteiger partial charge < -0.3 is 10.2 Å². The Balaban J connectivity index is 1.52. The molecule has 2 aromatic heterocycles. The van der Waals surface area contributed by atoms with Crippen LogP contribution < -0.4 is 10.2 Å². The van der Waals surface area contributed by atoms with E-state index < -0.39 is 0 Å². The van der Waals surface area contributed by atoms with Gasteiger partial charge in [-0.25, -0.2) is 4.98 Å². The Bertz CT molecular complexity index is 633. The first-order valence-electron chi connectivity index (χ1n) is 8.73. The zero-order chi connectivity index (χ0) is 16.9. The zero-order valence-corrected chi connectivity index (χ0v) is 14.9. The number of hydrogen-bond acceptors (Lipinski definition) is 5. The Labute approximate surface area is 144 Å². The Morgan fingerprint density at radius 3 is 2.79 bits per heavy atom. The summed E-state index contributed by atoms with van der Waals surface area (Å²) in [6.07, 6.45) is 7.47. The smallest absolute Gasteiger partial charge is 0.128 e. The first-order valence-corrected chi connectivity index (χ1v) is 8.73. The topological polar surface area (TPSA) is 60.1 Å². The van der Waals surface area contributed by atoms with Crippen molar-refractivity contribution in [2.75, 3.05) is 37.4 Å². The molecule has 2 N–H and O–H groups in total. The lowest BCUT2D eigenvalue weighted by atomic mass is 10.1. The van der Waals surface area contributed by atoms with E-state index in [1.807, 2.05) is 31.4 Å². The number of rotatable bonds is 5. The van der Waals surface area contributed by atoms with Crippen molar-refractivity contribution in [2.45, 2.75) is 38.8 Å². The van der Waals surface area contributed by atoms with Gasteiger partial charge in [0.2, 0.25) is 0 Å². The molecule has 6 heteroatoms. The van der Waals surface area contributed by atoms with Gasteiger partial charge in [-0.1, -0.05) is 0 Å². The van der Waals surface area contributed by atoms with Crippen LogP contribution in [0.3, 0.4) is 0 Å². The monoisotopic (exact) mass is 328 g/mol. The molecule has 0 amide bonds. The van der Waals surface area contributed by atoms with Gasteiger partial charge >= 0.3 is 0 Å². The number of aryl methyl sites for hydroxylation is 1. The van der Waals surface area contributed by atoms with Gasteiger partial charge in [0.25, 0.3) is 0 Å². The first-order chi connectivity index (χ1) is 11.6. The summed E-state index contributed by atoms with van der Waals surface area (Å²) in [4.78, 5) is 9.04. The molecule has 0 aliphatic carbocycles. The summed E-state index contributed by atoms with van der Waals surface area (Å²) in [6, 6.07) is 4.71. The lowest BCUT2D eigenvalue weighted by Gasteiger charge is -2.21. The number of nitrogens with one attached hydrogen (secondary N) is 2. The van der Waals surface area contributed by atoms with Crippen LogP contribution in [0.25, 0.3) is 0 Å². The van der Waals surface area contributed by atoms with Crippen molar-refractivity contribution in [3.63, 3.8) is 0 Å². The summed E-state index contributed by atoms with van der Waals surface area (Å²) in [7, 11) is 4.02. The highest BCUT2D eigenvalue weighted by Crippen LogP contribution is 2.19. The molecule has 1 aliphatic heterocycles. The van der Waals surface area contributed by atoms with Crippen LogP contribution in [0.5, 0.6) is 0 Å². The van der Waals surface area contributed by atoms with Crippen LogP contribution in [-0.4, -0.2) is 53.3 Å². The molecule has 2 aromatic rings. The summed E-state index contributed by atoms with van der Waals surface area (Å²) < 4.78 is 0. The fourth-order valence-electron chi connectivity index (χ4n) is 3.21. The molecule has 0 aromatic carbocycles. The molecule has 0 spiro atoms. The van der Waals surface area contributed by atoms with Crippen molar-refractivity contribution < 1.29 is 0 Å². The minimum Gasteiger partial charge on any atom is -0.381 e. The molecule has 130 valence electrons. The third-order valence-electron chi connectivity index (χ3n) is 4.73. The number of anilines is 2. The molecular formula is C18H28N6. The van der Waals surface area contributed by atoms with Crippen molar-refractivity contribution >= 4 is 11.5 Å². The summed E-state index contributed by atoms with van der Waals surface area (Å²) in [5.74, 6) is 0.989. The lowest BCUT2D eigenvalue weighted by molar-refractivity contribution is 0.276. The number of pyridine rings is 1. The number of hydrogen-bond donors (Lipinski definition) is 2. The van der Waals surface area contributed by atoms with Gasteiger partial charge in [0.05, 0.1) is 18.1 Å². The minimum atomic E-state index is 0.521. The molecule has 1 atom stereocenters. The maximum atomic E-state index is 4.48. The van der Waals surface area contributed by atoms with Gasteiger partial charge in [-0.15, -0.1) is 0 Å². The van der Waals surface area contributed by atoms with Crippen molar-refractivity contribution in [3.05, 3.63) is 35.8 Å². The highest BCUT2D eigenvalue weighted by atomic mass is 15.2. The van der Waals surface area contributed by atoms with E-state index in [-0.39, 0.29) is 0 Å². The second-order valence-corrected chi connectivity index (χ2v) is 6.87. The molecule has 6 nitrogen and oxygen atoms in total. The Morgan fingerprint density at radius 1 is 1.25 bits per heavy atom. The third-order valence-corrected chi connectivity index (χ3v) is 4.73. The molecule has 0 bridgehead atoms. The molecule has 3 rings (SSSR count). The van der Waals surface area contributed by atoms with Crippen LogP contribution in [0.4, 0.5) is 11.5 Å². The highest BCUT2D eigenvalue weighted by Gasteiger charge is 2.18. The molecular weight excluding hydrogens is 300 g/mol. The molecule has 1 fully saturated rings. The van der Waals surface area contributed by atoms with Gasteiger partial charge in [-0.05, 0) is 44.9 Å². The largest absolute Gasteiger partial charge is 0.381 e. The first kappa shape index (κ1) is 16.8. The van der Waals surface area contributed by atoms with Gasteiger partial charge in [0.15, 0.2) is 0 Å². The van der Waals surface area contributed by atoms with Gasteiger partial charge in [-0.2, -0.15) is 5.10 Å². The van der Waals surface area contributed by atoms with Crippen molar-refractivity contribution in [1.82, 2.24) is 20.1 Å². The average molecular weight is 328 g/mol. The van der Waals surface area contributed by atoms with Crippen LogP contribution in [0.2, 0.25) is 0 Å². The molecule has 24 heavy (non-hydrogen) atoms. The molecule has 3 heterocycles. The van der Waals surface area contributed by atoms with Crippen LogP contribution in [0.1, 0.15) is 30.5 Å². The maximum absolute atomic E-state index is 4.48. The number of aromatic amines is 1. The van der Waals surface area contributed by atoms with E-state index in [2.05, 4.69) is 44.5 Å². The molecule has 0 saturated carbocycles. The fourth-order valence-corrected chi connectivity index (χ4v) is 3.21. The van der Waals surface area contributed by atoms with Crippen LogP contribution in [0.15, 0.2) is 24.5 Å². The van der Waals surface area contributed by atoms with Crippen LogP contribution >= 0.6 is 0 Å².